The van der Waals surface area contributed by atoms with Crippen molar-refractivity contribution in [2.24, 2.45) is 7.05 Å². The fourth-order valence-electron chi connectivity index (χ4n) is 2.89. The van der Waals surface area contributed by atoms with Gasteiger partial charge in [0.2, 0.25) is 0 Å². The summed E-state index contributed by atoms with van der Waals surface area (Å²) >= 11 is 0. The van der Waals surface area contributed by atoms with Gasteiger partial charge in [0.1, 0.15) is 5.82 Å². The minimum absolute atomic E-state index is 0.0449. The molecule has 0 bridgehead atoms. The van der Waals surface area contributed by atoms with Crippen molar-refractivity contribution in [3.8, 4) is 0 Å². The van der Waals surface area contributed by atoms with E-state index in [9.17, 15) is 4.79 Å². The Balaban J connectivity index is 1.81. The molecule has 3 heterocycles. The Labute approximate surface area is 130 Å². The van der Waals surface area contributed by atoms with Gasteiger partial charge in [-0.25, -0.2) is 4.98 Å². The van der Waals surface area contributed by atoms with Crippen LogP contribution in [0.1, 0.15) is 27.8 Å². The highest BCUT2D eigenvalue weighted by atomic mass is 16.2. The van der Waals surface area contributed by atoms with Crippen molar-refractivity contribution in [1.29, 1.82) is 0 Å². The maximum atomic E-state index is 12.7. The standard InChI is InChI=1S/C16H21N5O/c1-12-8-13(10-17-9-12)16(22)21-7-6-19(2)14(11-21)15-18-4-5-20(15)3/h4-5,8-10,14H,6-7,11H2,1-3H3. The van der Waals surface area contributed by atoms with E-state index in [0.29, 0.717) is 12.1 Å². The average molecular weight is 299 g/mol. The van der Waals surface area contributed by atoms with Gasteiger partial charge in [0.25, 0.3) is 5.91 Å². The van der Waals surface area contributed by atoms with Gasteiger partial charge in [-0.15, -0.1) is 0 Å². The van der Waals surface area contributed by atoms with Crippen molar-refractivity contribution in [3.63, 3.8) is 0 Å². The first-order valence-corrected chi connectivity index (χ1v) is 7.44. The lowest BCUT2D eigenvalue weighted by Crippen LogP contribution is -2.49. The smallest absolute Gasteiger partial charge is 0.255 e. The molecule has 0 radical (unpaired) electrons. The van der Waals surface area contributed by atoms with Crippen LogP contribution in [0, 0.1) is 6.92 Å². The van der Waals surface area contributed by atoms with Gasteiger partial charge in [-0.05, 0) is 25.6 Å². The zero-order valence-corrected chi connectivity index (χ0v) is 13.2. The fraction of sp³-hybridized carbons (Fsp3) is 0.438. The molecule has 1 aliphatic heterocycles. The van der Waals surface area contributed by atoms with Crippen molar-refractivity contribution < 1.29 is 4.79 Å². The average Bonchev–Trinajstić information content (AvgIpc) is 2.93. The number of nitrogens with zero attached hydrogens (tertiary/aromatic N) is 5. The molecule has 22 heavy (non-hydrogen) atoms. The SMILES string of the molecule is Cc1cncc(C(=O)N2CCN(C)C(c3nccn3C)C2)c1. The molecule has 116 valence electrons. The molecule has 2 aromatic rings. The van der Waals surface area contributed by atoms with Gasteiger partial charge in [0.05, 0.1) is 11.6 Å². The molecule has 2 aromatic heterocycles. The predicted octanol–water partition coefficient (Wildman–Crippen LogP) is 1.25. The molecule has 0 spiro atoms. The summed E-state index contributed by atoms with van der Waals surface area (Å²) in [5, 5.41) is 0. The zero-order chi connectivity index (χ0) is 15.7. The number of carbonyl (C=O) groups excluding carboxylic acids is 1. The van der Waals surface area contributed by atoms with Crippen molar-refractivity contribution >= 4 is 5.91 Å². The Bertz CT molecular complexity index is 681. The third kappa shape index (κ3) is 2.74. The summed E-state index contributed by atoms with van der Waals surface area (Å²) in [6.45, 7) is 4.16. The molecule has 1 aliphatic rings. The molecule has 6 nitrogen and oxygen atoms in total. The molecule has 0 saturated carbocycles. The predicted molar refractivity (Wildman–Crippen MR) is 83.5 cm³/mol. The van der Waals surface area contributed by atoms with Gasteiger partial charge in [-0.3, -0.25) is 14.7 Å². The lowest BCUT2D eigenvalue weighted by Gasteiger charge is -2.39. The fourth-order valence-corrected chi connectivity index (χ4v) is 2.89. The summed E-state index contributed by atoms with van der Waals surface area (Å²) in [5.41, 5.74) is 1.66. The molecule has 0 aliphatic carbocycles. The quantitative estimate of drug-likeness (QED) is 0.837. The Morgan fingerprint density at radius 2 is 2.09 bits per heavy atom. The van der Waals surface area contributed by atoms with E-state index in [1.165, 1.54) is 0 Å². The van der Waals surface area contributed by atoms with Crippen LogP contribution in [-0.4, -0.2) is 56.9 Å². The molecule has 1 fully saturated rings. The van der Waals surface area contributed by atoms with Crippen molar-refractivity contribution in [1.82, 2.24) is 24.3 Å². The first kappa shape index (κ1) is 14.7. The van der Waals surface area contributed by atoms with Crippen LogP contribution in [-0.2, 0) is 7.05 Å². The van der Waals surface area contributed by atoms with Crippen LogP contribution >= 0.6 is 0 Å². The van der Waals surface area contributed by atoms with E-state index in [4.69, 9.17) is 0 Å². The van der Waals surface area contributed by atoms with E-state index in [0.717, 1.165) is 24.5 Å². The van der Waals surface area contributed by atoms with Gasteiger partial charge in [-0.1, -0.05) is 0 Å². The monoisotopic (exact) mass is 299 g/mol. The van der Waals surface area contributed by atoms with Crippen LogP contribution in [0.2, 0.25) is 0 Å². The van der Waals surface area contributed by atoms with Crippen LogP contribution in [0.3, 0.4) is 0 Å². The van der Waals surface area contributed by atoms with E-state index in [-0.39, 0.29) is 11.9 Å². The Hall–Kier alpha value is -2.21. The Morgan fingerprint density at radius 1 is 1.27 bits per heavy atom. The highest BCUT2D eigenvalue weighted by Gasteiger charge is 2.31. The molecule has 1 saturated heterocycles. The second-order valence-electron chi connectivity index (χ2n) is 5.89. The maximum Gasteiger partial charge on any atom is 0.255 e. The number of imidazole rings is 1. The first-order chi connectivity index (χ1) is 10.6. The Morgan fingerprint density at radius 3 is 2.77 bits per heavy atom. The van der Waals surface area contributed by atoms with E-state index in [1.54, 1.807) is 18.6 Å². The van der Waals surface area contributed by atoms with Crippen LogP contribution in [0.5, 0.6) is 0 Å². The highest BCUT2D eigenvalue weighted by molar-refractivity contribution is 5.94. The Kier molecular flexibility index (Phi) is 3.94. The third-order valence-electron chi connectivity index (χ3n) is 4.21. The minimum Gasteiger partial charge on any atom is -0.337 e. The number of aromatic nitrogens is 3. The second-order valence-corrected chi connectivity index (χ2v) is 5.89. The number of piperazine rings is 1. The summed E-state index contributed by atoms with van der Waals surface area (Å²) < 4.78 is 2.02. The highest BCUT2D eigenvalue weighted by Crippen LogP contribution is 2.23. The van der Waals surface area contributed by atoms with Gasteiger partial charge in [-0.2, -0.15) is 0 Å². The molecule has 1 amide bonds. The van der Waals surface area contributed by atoms with Crippen LogP contribution in [0.25, 0.3) is 0 Å². The van der Waals surface area contributed by atoms with E-state index in [2.05, 4.69) is 21.9 Å². The van der Waals surface area contributed by atoms with Crippen molar-refractivity contribution in [3.05, 3.63) is 47.8 Å². The van der Waals surface area contributed by atoms with E-state index in [1.807, 2.05) is 35.7 Å². The number of amides is 1. The number of carbonyl (C=O) groups is 1. The van der Waals surface area contributed by atoms with Gasteiger partial charge >= 0.3 is 0 Å². The molecular formula is C16H21N5O. The molecular weight excluding hydrogens is 278 g/mol. The molecule has 0 aromatic carbocycles. The summed E-state index contributed by atoms with van der Waals surface area (Å²) in [6, 6.07) is 2.01. The first-order valence-electron chi connectivity index (χ1n) is 7.44. The minimum atomic E-state index is 0.0449. The summed E-state index contributed by atoms with van der Waals surface area (Å²) in [5.74, 6) is 1.03. The van der Waals surface area contributed by atoms with Crippen LogP contribution in [0.15, 0.2) is 30.9 Å². The molecule has 1 atom stereocenters. The topological polar surface area (TPSA) is 54.3 Å². The normalized spacial score (nSPS) is 19.4. The van der Waals surface area contributed by atoms with Crippen LogP contribution < -0.4 is 0 Å². The van der Waals surface area contributed by atoms with Gasteiger partial charge < -0.3 is 9.47 Å². The van der Waals surface area contributed by atoms with Crippen molar-refractivity contribution in [2.45, 2.75) is 13.0 Å². The lowest BCUT2D eigenvalue weighted by molar-refractivity contribution is 0.0528. The maximum absolute atomic E-state index is 12.7. The molecule has 6 heteroatoms. The summed E-state index contributed by atoms with van der Waals surface area (Å²) in [6.07, 6.45) is 7.14. The lowest BCUT2D eigenvalue weighted by atomic mass is 10.1. The largest absolute Gasteiger partial charge is 0.337 e. The molecule has 0 N–H and O–H groups in total. The third-order valence-corrected chi connectivity index (χ3v) is 4.21. The number of hydrogen-bond acceptors (Lipinski definition) is 4. The summed E-state index contributed by atoms with van der Waals surface area (Å²) in [4.78, 5) is 25.4. The van der Waals surface area contributed by atoms with Gasteiger partial charge in [0.15, 0.2) is 0 Å². The van der Waals surface area contributed by atoms with Gasteiger partial charge in [0, 0.05) is 51.5 Å². The van der Waals surface area contributed by atoms with Crippen LogP contribution in [0.4, 0.5) is 0 Å². The number of rotatable bonds is 2. The van der Waals surface area contributed by atoms with E-state index >= 15 is 0 Å². The summed E-state index contributed by atoms with van der Waals surface area (Å²) in [7, 11) is 4.07. The molecule has 3 rings (SSSR count). The van der Waals surface area contributed by atoms with E-state index < -0.39 is 0 Å². The number of hydrogen-bond donors (Lipinski definition) is 0. The second kappa shape index (κ2) is 5.88. The zero-order valence-electron chi connectivity index (χ0n) is 13.2. The molecule has 1 unspecified atom stereocenters. The number of likely N-dealkylation sites (N-methyl/N-ethyl adjacent to an activating group) is 1. The van der Waals surface area contributed by atoms with Crippen molar-refractivity contribution in [2.75, 3.05) is 26.7 Å². The number of pyridine rings is 1. The number of aryl methyl sites for hydroxylation is 2.